The second-order valence-corrected chi connectivity index (χ2v) is 8.23. The number of piperidine rings is 1. The second kappa shape index (κ2) is 11.9. The molecule has 1 aromatic rings. The Bertz CT molecular complexity index is 766. The van der Waals surface area contributed by atoms with Crippen LogP contribution in [0.4, 0.5) is 0 Å². The molecule has 2 amide bonds. The fourth-order valence-electron chi connectivity index (χ4n) is 4.05. The van der Waals surface area contributed by atoms with Gasteiger partial charge in [0, 0.05) is 32.8 Å². The van der Waals surface area contributed by atoms with Gasteiger partial charge in [-0.1, -0.05) is 32.4 Å². The van der Waals surface area contributed by atoms with Crippen molar-refractivity contribution in [1.29, 1.82) is 0 Å². The smallest absolute Gasteiger partial charge is 0.277 e. The summed E-state index contributed by atoms with van der Waals surface area (Å²) in [5, 5.41) is 0. The lowest BCUT2D eigenvalue weighted by Gasteiger charge is -2.29. The maximum atomic E-state index is 13.3. The van der Waals surface area contributed by atoms with Gasteiger partial charge in [0.25, 0.3) is 11.8 Å². The fourth-order valence-corrected chi connectivity index (χ4v) is 4.05. The third-order valence-corrected chi connectivity index (χ3v) is 5.74. The zero-order valence-electron chi connectivity index (χ0n) is 19.0. The molecule has 0 N–H and O–H groups in total. The first-order chi connectivity index (χ1) is 15.2. The quantitative estimate of drug-likeness (QED) is 0.368. The van der Waals surface area contributed by atoms with Gasteiger partial charge in [0.1, 0.15) is 11.4 Å². The minimum Gasteiger partial charge on any atom is -0.494 e. The van der Waals surface area contributed by atoms with E-state index >= 15 is 0 Å². The van der Waals surface area contributed by atoms with Crippen molar-refractivity contribution >= 4 is 17.4 Å². The zero-order chi connectivity index (χ0) is 22.1. The fraction of sp³-hybridized carbons (Fsp3) is 0.600. The summed E-state index contributed by atoms with van der Waals surface area (Å²) in [5.41, 5.74) is 1.88. The van der Waals surface area contributed by atoms with E-state index in [4.69, 9.17) is 9.47 Å². The molecule has 170 valence electrons. The van der Waals surface area contributed by atoms with Crippen molar-refractivity contribution in [2.45, 2.75) is 58.8 Å². The lowest BCUT2D eigenvalue weighted by molar-refractivity contribution is -0.137. The van der Waals surface area contributed by atoms with Gasteiger partial charge in [0.05, 0.1) is 12.2 Å². The lowest BCUT2D eigenvalue weighted by Crippen LogP contribution is -2.37. The van der Waals surface area contributed by atoms with Crippen LogP contribution >= 0.6 is 0 Å². The largest absolute Gasteiger partial charge is 0.494 e. The molecule has 1 aromatic carbocycles. The molecule has 6 nitrogen and oxygen atoms in total. The Labute approximate surface area is 186 Å². The first-order valence-electron chi connectivity index (χ1n) is 11.8. The number of carbonyl (C=O) groups is 2. The average molecular weight is 429 g/mol. The van der Waals surface area contributed by atoms with Gasteiger partial charge in [-0.25, -0.2) is 0 Å². The molecule has 1 fully saturated rings. The molecule has 0 bridgehead atoms. The summed E-state index contributed by atoms with van der Waals surface area (Å²) in [5.74, 6) is 0.423. The number of imide groups is 1. The first-order valence-corrected chi connectivity index (χ1v) is 11.8. The monoisotopic (exact) mass is 428 g/mol. The van der Waals surface area contributed by atoms with Gasteiger partial charge in [-0.05, 0) is 56.2 Å². The van der Waals surface area contributed by atoms with Crippen LogP contribution in [-0.4, -0.2) is 61.1 Å². The predicted molar refractivity (Wildman–Crippen MR) is 122 cm³/mol. The van der Waals surface area contributed by atoms with Crippen molar-refractivity contribution in [1.82, 2.24) is 9.80 Å². The summed E-state index contributed by atoms with van der Waals surface area (Å²) >= 11 is 0. The number of rotatable bonds is 12. The van der Waals surface area contributed by atoms with Crippen LogP contribution in [0.15, 0.2) is 30.0 Å². The van der Waals surface area contributed by atoms with Crippen LogP contribution in [-0.2, 0) is 14.3 Å². The number of amides is 2. The summed E-state index contributed by atoms with van der Waals surface area (Å²) in [6.45, 7) is 8.18. The number of unbranched alkanes of at least 4 members (excludes halogenated alkanes) is 1. The van der Waals surface area contributed by atoms with Crippen molar-refractivity contribution in [3.63, 3.8) is 0 Å². The predicted octanol–water partition coefficient (Wildman–Crippen LogP) is 4.25. The van der Waals surface area contributed by atoms with E-state index in [1.165, 1.54) is 11.3 Å². The van der Waals surface area contributed by atoms with Gasteiger partial charge in [-0.3, -0.25) is 14.5 Å². The maximum Gasteiger partial charge on any atom is 0.277 e. The van der Waals surface area contributed by atoms with Gasteiger partial charge in [0.2, 0.25) is 0 Å². The number of benzene rings is 1. The van der Waals surface area contributed by atoms with Crippen LogP contribution < -0.4 is 4.74 Å². The van der Waals surface area contributed by atoms with Crippen molar-refractivity contribution < 1.29 is 19.1 Å². The highest BCUT2D eigenvalue weighted by Crippen LogP contribution is 2.33. The first kappa shape index (κ1) is 23.3. The SMILES string of the molecule is CCCCOCCCN1C(=O)C(c2ccc(OCCC)cc2)=C(N2CCCCC2)C1=O. The second-order valence-electron chi connectivity index (χ2n) is 8.23. The molecular weight excluding hydrogens is 392 g/mol. The van der Waals surface area contributed by atoms with E-state index in [2.05, 4.69) is 18.7 Å². The van der Waals surface area contributed by atoms with Crippen LogP contribution in [0, 0.1) is 0 Å². The molecule has 2 aliphatic heterocycles. The summed E-state index contributed by atoms with van der Waals surface area (Å²) in [7, 11) is 0. The highest BCUT2D eigenvalue weighted by Gasteiger charge is 2.41. The van der Waals surface area contributed by atoms with Gasteiger partial charge < -0.3 is 14.4 Å². The minimum absolute atomic E-state index is 0.165. The molecule has 0 atom stereocenters. The Morgan fingerprint density at radius 3 is 2.23 bits per heavy atom. The van der Waals surface area contributed by atoms with E-state index in [0.717, 1.165) is 63.1 Å². The molecule has 1 saturated heterocycles. The average Bonchev–Trinajstić information content (AvgIpc) is 3.05. The number of hydrogen-bond acceptors (Lipinski definition) is 5. The number of nitrogens with zero attached hydrogens (tertiary/aromatic N) is 2. The number of likely N-dealkylation sites (tertiary alicyclic amines) is 1. The standard InChI is InChI=1S/C25H36N2O4/c1-3-5-18-30-19-9-16-27-24(28)22(20-10-12-21(13-11-20)31-17-4-2)23(25(27)29)26-14-7-6-8-15-26/h10-13H,3-9,14-19H2,1-2H3. The molecule has 2 heterocycles. The number of hydrogen-bond donors (Lipinski definition) is 0. The minimum atomic E-state index is -0.193. The van der Waals surface area contributed by atoms with Crippen LogP contribution in [0.1, 0.15) is 64.4 Å². The van der Waals surface area contributed by atoms with Gasteiger partial charge in [0.15, 0.2) is 0 Å². The van der Waals surface area contributed by atoms with E-state index in [1.54, 1.807) is 0 Å². The van der Waals surface area contributed by atoms with E-state index < -0.39 is 0 Å². The van der Waals surface area contributed by atoms with Gasteiger partial charge in [-0.15, -0.1) is 0 Å². The van der Waals surface area contributed by atoms with Gasteiger partial charge >= 0.3 is 0 Å². The molecule has 0 radical (unpaired) electrons. The third kappa shape index (κ3) is 5.88. The highest BCUT2D eigenvalue weighted by atomic mass is 16.5. The summed E-state index contributed by atoms with van der Waals surface area (Å²) in [6.07, 6.45) is 6.99. The summed E-state index contributed by atoms with van der Waals surface area (Å²) in [6, 6.07) is 7.56. The molecule has 0 aromatic heterocycles. The van der Waals surface area contributed by atoms with Crippen LogP contribution in [0.2, 0.25) is 0 Å². The molecule has 3 rings (SSSR count). The topological polar surface area (TPSA) is 59.1 Å². The molecule has 0 aliphatic carbocycles. The van der Waals surface area contributed by atoms with E-state index in [1.807, 2.05) is 24.3 Å². The Morgan fingerprint density at radius 2 is 1.55 bits per heavy atom. The molecule has 0 unspecified atom stereocenters. The molecular formula is C25H36N2O4. The molecule has 2 aliphatic rings. The van der Waals surface area contributed by atoms with Crippen molar-refractivity contribution in [2.75, 3.05) is 39.5 Å². The van der Waals surface area contributed by atoms with Crippen LogP contribution in [0.5, 0.6) is 5.75 Å². The maximum absolute atomic E-state index is 13.3. The van der Waals surface area contributed by atoms with E-state index in [0.29, 0.717) is 37.4 Å². The lowest BCUT2D eigenvalue weighted by atomic mass is 10.0. The molecule has 0 spiro atoms. The molecule has 6 heteroatoms. The Balaban J connectivity index is 1.77. The van der Waals surface area contributed by atoms with E-state index in [-0.39, 0.29) is 11.8 Å². The van der Waals surface area contributed by atoms with Crippen molar-refractivity contribution in [3.05, 3.63) is 35.5 Å². The third-order valence-electron chi connectivity index (χ3n) is 5.74. The number of carbonyl (C=O) groups excluding carboxylic acids is 2. The summed E-state index contributed by atoms with van der Waals surface area (Å²) in [4.78, 5) is 30.2. The number of ether oxygens (including phenoxy) is 2. The molecule has 31 heavy (non-hydrogen) atoms. The van der Waals surface area contributed by atoms with Crippen LogP contribution in [0.25, 0.3) is 5.57 Å². The summed E-state index contributed by atoms with van der Waals surface area (Å²) < 4.78 is 11.3. The Morgan fingerprint density at radius 1 is 0.839 bits per heavy atom. The van der Waals surface area contributed by atoms with Gasteiger partial charge in [-0.2, -0.15) is 0 Å². The molecule has 0 saturated carbocycles. The van der Waals surface area contributed by atoms with Crippen molar-refractivity contribution in [3.8, 4) is 5.75 Å². The normalized spacial score (nSPS) is 17.1. The zero-order valence-corrected chi connectivity index (χ0v) is 19.0. The van der Waals surface area contributed by atoms with E-state index in [9.17, 15) is 9.59 Å². The van der Waals surface area contributed by atoms with Crippen LogP contribution in [0.3, 0.4) is 0 Å². The Kier molecular flexibility index (Phi) is 8.95. The van der Waals surface area contributed by atoms with Crippen molar-refractivity contribution in [2.24, 2.45) is 0 Å². The highest BCUT2D eigenvalue weighted by molar-refractivity contribution is 6.35. The Hall–Kier alpha value is -2.34.